The van der Waals surface area contributed by atoms with Crippen molar-refractivity contribution in [1.82, 2.24) is 9.97 Å². The first-order valence-electron chi connectivity index (χ1n) is 9.38. The number of H-pyrrole nitrogens is 1. The van der Waals surface area contributed by atoms with Crippen molar-refractivity contribution in [3.05, 3.63) is 70.2 Å². The van der Waals surface area contributed by atoms with E-state index in [2.05, 4.69) is 15.3 Å². The molecule has 3 N–H and O–H groups in total. The summed E-state index contributed by atoms with van der Waals surface area (Å²) in [6, 6.07) is 8.54. The number of hydrogen-bond acceptors (Lipinski definition) is 5. The van der Waals surface area contributed by atoms with Gasteiger partial charge < -0.3 is 24.9 Å². The van der Waals surface area contributed by atoms with E-state index in [1.807, 2.05) is 6.07 Å². The zero-order chi connectivity index (χ0) is 23.1. The number of carbonyl (C=O) groups is 2. The Bertz CT molecular complexity index is 1150. The molecule has 0 unspecified atom stereocenters. The fourth-order valence-electron chi connectivity index (χ4n) is 2.69. The molecule has 166 valence electrons. The molecule has 0 aliphatic rings. The third-order valence-corrected chi connectivity index (χ3v) is 4.93. The minimum Gasteiger partial charge on any atom is -0.491 e. The highest BCUT2D eigenvalue weighted by atomic mass is 35.5. The van der Waals surface area contributed by atoms with Gasteiger partial charge in [-0.15, -0.1) is 0 Å². The van der Waals surface area contributed by atoms with Crippen LogP contribution in [0.1, 0.15) is 12.1 Å². The van der Waals surface area contributed by atoms with Gasteiger partial charge in [0.15, 0.2) is 5.76 Å². The van der Waals surface area contributed by atoms with Crippen molar-refractivity contribution in [3.8, 4) is 5.88 Å². The fourth-order valence-corrected chi connectivity index (χ4v) is 3.03. The molecule has 2 aromatic heterocycles. The lowest BCUT2D eigenvalue weighted by molar-refractivity contribution is -0.137. The van der Waals surface area contributed by atoms with Gasteiger partial charge >= 0.3 is 5.97 Å². The third-order valence-electron chi connectivity index (χ3n) is 4.21. The molecule has 0 bridgehead atoms. The highest BCUT2D eigenvalue weighted by Crippen LogP contribution is 2.28. The van der Waals surface area contributed by atoms with Gasteiger partial charge in [0.1, 0.15) is 6.61 Å². The molecule has 1 amide bonds. The Morgan fingerprint density at radius 3 is 2.69 bits per heavy atom. The number of benzene rings is 1. The van der Waals surface area contributed by atoms with Crippen LogP contribution in [0.15, 0.2) is 54.4 Å². The number of ether oxygens (including phenoxy) is 2. The number of amides is 1. The maximum absolute atomic E-state index is 12.4. The van der Waals surface area contributed by atoms with Gasteiger partial charge in [-0.05, 0) is 36.4 Å². The van der Waals surface area contributed by atoms with Crippen LogP contribution in [0.3, 0.4) is 0 Å². The zero-order valence-corrected chi connectivity index (χ0v) is 18.4. The predicted octanol–water partition coefficient (Wildman–Crippen LogP) is 4.91. The van der Waals surface area contributed by atoms with Crippen LogP contribution in [0.25, 0.3) is 17.0 Å². The Kier molecular flexibility index (Phi) is 7.75. The monoisotopic (exact) mass is 475 g/mol. The smallest absolute Gasteiger partial charge is 0.306 e. The number of nitrogens with zero attached hydrogens (tertiary/aromatic N) is 1. The Labute approximate surface area is 193 Å². The zero-order valence-electron chi connectivity index (χ0n) is 16.9. The summed E-state index contributed by atoms with van der Waals surface area (Å²) in [4.78, 5) is 30.1. The van der Waals surface area contributed by atoms with Gasteiger partial charge in [0.25, 0.3) is 5.91 Å². The van der Waals surface area contributed by atoms with Crippen LogP contribution < -0.4 is 10.1 Å². The Balaban J connectivity index is 1.62. The van der Waals surface area contributed by atoms with Gasteiger partial charge in [-0.1, -0.05) is 29.3 Å². The van der Waals surface area contributed by atoms with E-state index in [1.54, 1.807) is 30.4 Å². The van der Waals surface area contributed by atoms with Gasteiger partial charge in [-0.25, -0.2) is 4.98 Å². The molecule has 0 saturated carbocycles. The van der Waals surface area contributed by atoms with Gasteiger partial charge in [0.05, 0.1) is 35.5 Å². The minimum atomic E-state index is -0.958. The van der Waals surface area contributed by atoms with E-state index in [0.29, 0.717) is 15.7 Å². The summed E-state index contributed by atoms with van der Waals surface area (Å²) in [5.74, 6) is -1.07. The van der Waals surface area contributed by atoms with E-state index in [0.717, 1.165) is 16.6 Å². The number of halogens is 2. The van der Waals surface area contributed by atoms with Crippen LogP contribution in [0, 0.1) is 0 Å². The molecular weight excluding hydrogens is 457 g/mol. The summed E-state index contributed by atoms with van der Waals surface area (Å²) in [7, 11) is 1.39. The van der Waals surface area contributed by atoms with Gasteiger partial charge in [0.2, 0.25) is 5.88 Å². The molecule has 0 saturated heterocycles. The number of aliphatic carboxylic acids is 1. The number of carbonyl (C=O) groups excluding carboxylic acids is 1. The summed E-state index contributed by atoms with van der Waals surface area (Å²) >= 11 is 12.1. The van der Waals surface area contributed by atoms with Crippen molar-refractivity contribution >= 4 is 57.7 Å². The molecule has 0 aliphatic heterocycles. The number of pyridine rings is 1. The summed E-state index contributed by atoms with van der Waals surface area (Å²) in [5.41, 5.74) is 2.07. The highest BCUT2D eigenvalue weighted by Gasteiger charge is 2.10. The second-order valence-corrected chi connectivity index (χ2v) is 7.32. The van der Waals surface area contributed by atoms with Crippen LogP contribution >= 0.6 is 23.2 Å². The first-order chi connectivity index (χ1) is 15.4. The Morgan fingerprint density at radius 1 is 1.22 bits per heavy atom. The fraction of sp³-hybridized carbons (Fsp3) is 0.136. The van der Waals surface area contributed by atoms with Gasteiger partial charge in [-0.3, -0.25) is 9.59 Å². The molecule has 1 aromatic carbocycles. The molecule has 8 nitrogen and oxygen atoms in total. The second kappa shape index (κ2) is 10.7. The van der Waals surface area contributed by atoms with Gasteiger partial charge in [-0.2, -0.15) is 0 Å². The van der Waals surface area contributed by atoms with E-state index in [1.165, 1.54) is 25.4 Å². The molecule has 10 heteroatoms. The first kappa shape index (κ1) is 23.2. The summed E-state index contributed by atoms with van der Waals surface area (Å²) in [5, 5.41) is 13.1. The SMILES string of the molecule is CO/C(=C\C=C\c1cc2cc(Cl)c(Cl)cc2[nH]1)C(=O)Nc1ccc(OCCC(=O)O)nc1. The molecule has 0 radical (unpaired) electrons. The van der Waals surface area contributed by atoms with Crippen molar-refractivity contribution in [2.75, 3.05) is 19.0 Å². The number of fused-ring (bicyclic) bond motifs is 1. The summed E-state index contributed by atoms with van der Waals surface area (Å²) in [6.45, 7) is 0.00733. The average Bonchev–Trinajstić information content (AvgIpc) is 3.13. The number of anilines is 1. The van der Waals surface area contributed by atoms with Crippen molar-refractivity contribution in [3.63, 3.8) is 0 Å². The largest absolute Gasteiger partial charge is 0.491 e. The van der Waals surface area contributed by atoms with E-state index < -0.39 is 11.9 Å². The maximum atomic E-state index is 12.4. The van der Waals surface area contributed by atoms with E-state index in [4.69, 9.17) is 37.8 Å². The molecule has 0 aliphatic carbocycles. The first-order valence-corrected chi connectivity index (χ1v) is 10.1. The normalized spacial score (nSPS) is 11.7. The minimum absolute atomic E-state index is 0.00733. The molecule has 32 heavy (non-hydrogen) atoms. The lowest BCUT2D eigenvalue weighted by Crippen LogP contribution is -2.15. The molecule has 0 fully saturated rings. The highest BCUT2D eigenvalue weighted by molar-refractivity contribution is 6.42. The number of nitrogens with one attached hydrogen (secondary N) is 2. The molecule has 2 heterocycles. The second-order valence-electron chi connectivity index (χ2n) is 6.50. The number of rotatable bonds is 9. The summed E-state index contributed by atoms with van der Waals surface area (Å²) in [6.07, 6.45) is 6.24. The van der Waals surface area contributed by atoms with Crippen molar-refractivity contribution in [2.24, 2.45) is 0 Å². The van der Waals surface area contributed by atoms with E-state index in [-0.39, 0.29) is 24.7 Å². The maximum Gasteiger partial charge on any atom is 0.306 e. The topological polar surface area (TPSA) is 114 Å². The number of allylic oxidation sites excluding steroid dienone is 2. The molecular formula is C22H19Cl2N3O5. The van der Waals surface area contributed by atoms with E-state index in [9.17, 15) is 9.59 Å². The van der Waals surface area contributed by atoms with Crippen LogP contribution in [0.2, 0.25) is 10.0 Å². The van der Waals surface area contributed by atoms with Gasteiger partial charge in [0, 0.05) is 22.7 Å². The molecule has 0 atom stereocenters. The molecule has 0 spiro atoms. The molecule has 3 aromatic rings. The Morgan fingerprint density at radius 2 is 2.00 bits per heavy atom. The molecule has 3 rings (SSSR count). The lowest BCUT2D eigenvalue weighted by atomic mass is 10.2. The van der Waals surface area contributed by atoms with Crippen LogP contribution in [-0.4, -0.2) is 40.7 Å². The number of hydrogen-bond donors (Lipinski definition) is 3. The quantitative estimate of drug-likeness (QED) is 0.230. The van der Waals surface area contributed by atoms with Crippen LogP contribution in [0.5, 0.6) is 5.88 Å². The average molecular weight is 476 g/mol. The van der Waals surface area contributed by atoms with Crippen molar-refractivity contribution in [2.45, 2.75) is 6.42 Å². The number of carboxylic acids is 1. The number of aromatic nitrogens is 2. The number of methoxy groups -OCH3 is 1. The van der Waals surface area contributed by atoms with Crippen molar-refractivity contribution in [1.29, 1.82) is 0 Å². The standard InChI is InChI=1S/C22H19Cl2N3O5/c1-31-19(4-2-3-14-9-13-10-16(23)17(24)11-18(13)26-14)22(30)27-15-5-6-20(25-12-15)32-8-7-21(28)29/h2-6,9-12,26H,7-8H2,1H3,(H,27,30)(H,28,29)/b3-2+,19-4-. The summed E-state index contributed by atoms with van der Waals surface area (Å²) < 4.78 is 10.4. The van der Waals surface area contributed by atoms with Crippen LogP contribution in [-0.2, 0) is 14.3 Å². The number of carboxylic acid groups (broad SMARTS) is 1. The predicted molar refractivity (Wildman–Crippen MR) is 123 cm³/mol. The van der Waals surface area contributed by atoms with E-state index >= 15 is 0 Å². The van der Waals surface area contributed by atoms with Crippen LogP contribution in [0.4, 0.5) is 5.69 Å². The van der Waals surface area contributed by atoms with Crippen molar-refractivity contribution < 1.29 is 24.2 Å². The number of aromatic amines is 1. The third kappa shape index (κ3) is 6.26. The Hall–Kier alpha value is -3.49. The lowest BCUT2D eigenvalue weighted by Gasteiger charge is -2.08.